The van der Waals surface area contributed by atoms with E-state index in [1.807, 2.05) is 6.07 Å². The van der Waals surface area contributed by atoms with Gasteiger partial charge < -0.3 is 0 Å². The monoisotopic (exact) mass is 353 g/mol. The van der Waals surface area contributed by atoms with E-state index >= 15 is 0 Å². The molecule has 2 amide bonds. The molecule has 0 bridgehead atoms. The smallest absolute Gasteiger partial charge is 0.293 e. The van der Waals surface area contributed by atoms with Gasteiger partial charge in [0.05, 0.1) is 24.7 Å². The Morgan fingerprint density at radius 1 is 1.35 bits per heavy atom. The molecule has 1 aromatic carbocycles. The van der Waals surface area contributed by atoms with Crippen molar-refractivity contribution in [2.75, 3.05) is 16.8 Å². The first kappa shape index (κ1) is 16.6. The van der Waals surface area contributed by atoms with Crippen molar-refractivity contribution in [3.63, 3.8) is 0 Å². The Hall–Kier alpha value is -2.88. The molecule has 2 heterocycles. The molecule has 4 rings (SSSR count). The summed E-state index contributed by atoms with van der Waals surface area (Å²) in [6.07, 6.45) is 6.03. The van der Waals surface area contributed by atoms with Crippen LogP contribution in [0.15, 0.2) is 30.5 Å². The van der Waals surface area contributed by atoms with Crippen LogP contribution in [0.2, 0.25) is 0 Å². The number of fused-ring (bicyclic) bond motifs is 2. The van der Waals surface area contributed by atoms with Crippen LogP contribution in [0.4, 0.5) is 20.7 Å². The van der Waals surface area contributed by atoms with Crippen LogP contribution in [0.1, 0.15) is 37.7 Å². The fourth-order valence-electron chi connectivity index (χ4n) is 4.27. The number of aromatic nitrogens is 2. The lowest BCUT2D eigenvalue weighted by Crippen LogP contribution is -2.38. The van der Waals surface area contributed by atoms with E-state index in [9.17, 15) is 9.18 Å². The highest BCUT2D eigenvalue weighted by atomic mass is 19.1. The summed E-state index contributed by atoms with van der Waals surface area (Å²) in [5, 5.41) is 15.7. The minimum Gasteiger partial charge on any atom is -0.293 e. The summed E-state index contributed by atoms with van der Waals surface area (Å²) in [4.78, 5) is 14.5. The molecule has 134 valence electrons. The number of carbonyl (C=O) groups is 1. The van der Waals surface area contributed by atoms with E-state index in [1.54, 1.807) is 27.9 Å². The van der Waals surface area contributed by atoms with E-state index in [1.165, 1.54) is 6.07 Å². The molecule has 6 nitrogen and oxygen atoms in total. The van der Waals surface area contributed by atoms with Crippen LogP contribution in [0.5, 0.6) is 0 Å². The Bertz CT molecular complexity index is 878. The van der Waals surface area contributed by atoms with E-state index in [4.69, 9.17) is 5.26 Å². The number of nitriles is 1. The van der Waals surface area contributed by atoms with E-state index < -0.39 is 0 Å². The Morgan fingerprint density at radius 2 is 2.15 bits per heavy atom. The maximum Gasteiger partial charge on any atom is 0.327 e. The van der Waals surface area contributed by atoms with Gasteiger partial charge in [-0.25, -0.2) is 9.18 Å². The van der Waals surface area contributed by atoms with Crippen molar-refractivity contribution in [2.45, 2.75) is 44.1 Å². The van der Waals surface area contributed by atoms with Gasteiger partial charge in [0.1, 0.15) is 5.82 Å². The van der Waals surface area contributed by atoms with E-state index in [0.29, 0.717) is 36.6 Å². The van der Waals surface area contributed by atoms with Gasteiger partial charge in [-0.05, 0) is 25.0 Å². The standard InChI is InChI=1S/C19H20FN5O/c20-14-5-3-6-15-17(14)19(8-1-2-9-19)13-25(15)18(26)22-16-7-12-24(23-16)11-4-10-21/h3,5-7,12H,1-2,4,8-9,11,13H2,(H,22,23,26). The van der Waals surface area contributed by atoms with Crippen LogP contribution in [-0.2, 0) is 12.0 Å². The first-order valence-corrected chi connectivity index (χ1v) is 8.91. The first-order chi connectivity index (χ1) is 12.6. The lowest BCUT2D eigenvalue weighted by atomic mass is 9.80. The molecule has 1 aliphatic heterocycles. The summed E-state index contributed by atoms with van der Waals surface area (Å²) in [6, 6.07) is 8.41. The minimum absolute atomic E-state index is 0.222. The molecule has 7 heteroatoms. The fraction of sp³-hybridized carbons (Fsp3) is 0.421. The lowest BCUT2D eigenvalue weighted by Gasteiger charge is -2.24. The summed E-state index contributed by atoms with van der Waals surface area (Å²) in [7, 11) is 0. The van der Waals surface area contributed by atoms with Gasteiger partial charge in [0.15, 0.2) is 5.82 Å². The molecule has 1 spiro atoms. The van der Waals surface area contributed by atoms with Gasteiger partial charge in [0, 0.05) is 29.8 Å². The summed E-state index contributed by atoms with van der Waals surface area (Å²) in [5.74, 6) is 0.207. The highest BCUT2D eigenvalue weighted by Gasteiger charge is 2.48. The Morgan fingerprint density at radius 3 is 2.92 bits per heavy atom. The van der Waals surface area contributed by atoms with Crippen molar-refractivity contribution in [1.82, 2.24) is 9.78 Å². The predicted molar refractivity (Wildman–Crippen MR) is 95.4 cm³/mol. The number of carbonyl (C=O) groups excluding carboxylic acids is 1. The Labute approximate surface area is 151 Å². The van der Waals surface area contributed by atoms with Crippen molar-refractivity contribution in [2.24, 2.45) is 0 Å². The lowest BCUT2D eigenvalue weighted by molar-refractivity contribution is 0.256. The number of amides is 2. The zero-order chi connectivity index (χ0) is 18.1. The molecular formula is C19H20FN5O. The number of hydrogen-bond donors (Lipinski definition) is 1. The molecule has 2 aromatic rings. The third-order valence-electron chi connectivity index (χ3n) is 5.41. The predicted octanol–water partition coefficient (Wildman–Crippen LogP) is 3.80. The van der Waals surface area contributed by atoms with Crippen molar-refractivity contribution >= 4 is 17.5 Å². The maximum atomic E-state index is 14.6. The van der Waals surface area contributed by atoms with Crippen LogP contribution in [0, 0.1) is 17.1 Å². The third kappa shape index (κ3) is 2.71. The van der Waals surface area contributed by atoms with Crippen LogP contribution in [0.25, 0.3) is 0 Å². The molecule has 1 aliphatic carbocycles. The van der Waals surface area contributed by atoms with Gasteiger partial charge in [-0.3, -0.25) is 14.9 Å². The van der Waals surface area contributed by atoms with Crippen molar-refractivity contribution in [3.05, 3.63) is 41.8 Å². The summed E-state index contributed by atoms with van der Waals surface area (Å²) < 4.78 is 16.2. The highest BCUT2D eigenvalue weighted by molar-refractivity contribution is 6.03. The zero-order valence-corrected chi connectivity index (χ0v) is 14.4. The summed E-state index contributed by atoms with van der Waals surface area (Å²) >= 11 is 0. The van der Waals surface area contributed by atoms with Crippen LogP contribution in [0.3, 0.4) is 0 Å². The maximum absolute atomic E-state index is 14.6. The number of urea groups is 1. The van der Waals surface area contributed by atoms with Gasteiger partial charge in [0.2, 0.25) is 0 Å². The first-order valence-electron chi connectivity index (χ1n) is 8.91. The average molecular weight is 353 g/mol. The van der Waals surface area contributed by atoms with E-state index in [-0.39, 0.29) is 17.3 Å². The van der Waals surface area contributed by atoms with Crippen molar-refractivity contribution in [3.8, 4) is 6.07 Å². The van der Waals surface area contributed by atoms with E-state index in [2.05, 4.69) is 16.5 Å². The van der Waals surface area contributed by atoms with E-state index in [0.717, 1.165) is 25.7 Å². The van der Waals surface area contributed by atoms with Crippen molar-refractivity contribution < 1.29 is 9.18 Å². The van der Waals surface area contributed by atoms with Crippen LogP contribution >= 0.6 is 0 Å². The van der Waals surface area contributed by atoms with Crippen LogP contribution in [-0.4, -0.2) is 22.4 Å². The SMILES string of the molecule is N#CCCn1ccc(NC(=O)N2CC3(CCCC3)c3c(F)cccc32)n1. The van der Waals surface area contributed by atoms with Gasteiger partial charge in [-0.1, -0.05) is 18.9 Å². The molecule has 0 radical (unpaired) electrons. The Kier molecular flexibility index (Phi) is 4.11. The number of benzene rings is 1. The molecule has 0 atom stereocenters. The molecule has 2 aliphatic rings. The molecular weight excluding hydrogens is 333 g/mol. The number of aryl methyl sites for hydroxylation is 1. The Balaban J connectivity index is 1.57. The molecule has 1 aromatic heterocycles. The second-order valence-electron chi connectivity index (χ2n) is 7.01. The van der Waals surface area contributed by atoms with Gasteiger partial charge in [0.25, 0.3) is 0 Å². The number of anilines is 2. The fourth-order valence-corrected chi connectivity index (χ4v) is 4.27. The number of nitrogens with zero attached hydrogens (tertiary/aromatic N) is 4. The minimum atomic E-state index is -0.300. The summed E-state index contributed by atoms with van der Waals surface area (Å²) in [5.41, 5.74) is 1.09. The average Bonchev–Trinajstić information content (AvgIpc) is 3.34. The topological polar surface area (TPSA) is 74.0 Å². The third-order valence-corrected chi connectivity index (χ3v) is 5.41. The molecule has 0 saturated heterocycles. The zero-order valence-electron chi connectivity index (χ0n) is 14.4. The highest BCUT2D eigenvalue weighted by Crippen LogP contribution is 2.51. The number of nitrogens with one attached hydrogen (secondary N) is 1. The number of halogens is 1. The molecule has 1 N–H and O–H groups in total. The molecule has 1 fully saturated rings. The number of rotatable bonds is 3. The number of hydrogen-bond acceptors (Lipinski definition) is 3. The van der Waals surface area contributed by atoms with Gasteiger partial charge in [-0.15, -0.1) is 0 Å². The second kappa shape index (κ2) is 6.45. The normalized spacial score (nSPS) is 17.3. The molecule has 0 unspecified atom stereocenters. The summed E-state index contributed by atoms with van der Waals surface area (Å²) in [6.45, 7) is 0.984. The van der Waals surface area contributed by atoms with Gasteiger partial charge >= 0.3 is 6.03 Å². The second-order valence-corrected chi connectivity index (χ2v) is 7.01. The van der Waals surface area contributed by atoms with Crippen LogP contribution < -0.4 is 10.2 Å². The van der Waals surface area contributed by atoms with Gasteiger partial charge in [-0.2, -0.15) is 10.4 Å². The quantitative estimate of drug-likeness (QED) is 0.912. The molecule has 26 heavy (non-hydrogen) atoms. The van der Waals surface area contributed by atoms with Crippen molar-refractivity contribution in [1.29, 1.82) is 5.26 Å². The largest absolute Gasteiger partial charge is 0.327 e. The molecule has 1 saturated carbocycles.